The SMILES string of the molecule is Nc1ccn(CC2Cc3ccccc32)n1. The second-order valence-corrected chi connectivity index (χ2v) is 4.06. The Morgan fingerprint density at radius 3 is 2.93 bits per heavy atom. The van der Waals surface area contributed by atoms with Gasteiger partial charge < -0.3 is 5.73 Å². The number of benzene rings is 1. The third-order valence-corrected chi connectivity index (χ3v) is 3.03. The van der Waals surface area contributed by atoms with Gasteiger partial charge in [0.1, 0.15) is 5.82 Å². The van der Waals surface area contributed by atoms with Gasteiger partial charge in [0.15, 0.2) is 0 Å². The summed E-state index contributed by atoms with van der Waals surface area (Å²) in [5.74, 6) is 1.21. The van der Waals surface area contributed by atoms with Gasteiger partial charge in [0.2, 0.25) is 0 Å². The van der Waals surface area contributed by atoms with Crippen LogP contribution in [0.25, 0.3) is 0 Å². The minimum absolute atomic E-state index is 0.600. The van der Waals surface area contributed by atoms with E-state index in [1.807, 2.05) is 16.9 Å². The van der Waals surface area contributed by atoms with Crippen molar-refractivity contribution < 1.29 is 0 Å². The molecule has 0 bridgehead atoms. The van der Waals surface area contributed by atoms with Crippen LogP contribution < -0.4 is 5.73 Å². The van der Waals surface area contributed by atoms with Crippen LogP contribution >= 0.6 is 0 Å². The molecule has 1 heterocycles. The van der Waals surface area contributed by atoms with Crippen LogP contribution in [0.5, 0.6) is 0 Å². The lowest BCUT2D eigenvalue weighted by Crippen LogP contribution is -2.22. The highest BCUT2D eigenvalue weighted by Gasteiger charge is 2.25. The second-order valence-electron chi connectivity index (χ2n) is 4.06. The first kappa shape index (κ1) is 8.53. The molecule has 1 unspecified atom stereocenters. The maximum Gasteiger partial charge on any atom is 0.145 e. The highest BCUT2D eigenvalue weighted by molar-refractivity contribution is 5.39. The first-order valence-corrected chi connectivity index (χ1v) is 5.19. The third kappa shape index (κ3) is 1.40. The van der Waals surface area contributed by atoms with Gasteiger partial charge in [-0.1, -0.05) is 24.3 Å². The molecular formula is C12H13N3. The lowest BCUT2D eigenvalue weighted by Gasteiger charge is -2.29. The molecule has 1 aliphatic rings. The fraction of sp³-hybridized carbons (Fsp3) is 0.250. The van der Waals surface area contributed by atoms with Crippen molar-refractivity contribution in [3.05, 3.63) is 47.7 Å². The normalized spacial score (nSPS) is 18.3. The number of fused-ring (bicyclic) bond motifs is 1. The Balaban J connectivity index is 1.78. The van der Waals surface area contributed by atoms with E-state index < -0.39 is 0 Å². The molecule has 76 valence electrons. The number of nitrogens with two attached hydrogens (primary N) is 1. The summed E-state index contributed by atoms with van der Waals surface area (Å²) in [6.07, 6.45) is 3.10. The van der Waals surface area contributed by atoms with Crippen LogP contribution in [-0.2, 0) is 13.0 Å². The fourth-order valence-electron chi connectivity index (χ4n) is 2.23. The molecule has 1 aromatic heterocycles. The number of nitrogens with zero attached hydrogens (tertiary/aromatic N) is 2. The number of rotatable bonds is 2. The van der Waals surface area contributed by atoms with Crippen molar-refractivity contribution in [3.63, 3.8) is 0 Å². The van der Waals surface area contributed by atoms with E-state index in [1.165, 1.54) is 11.1 Å². The fourth-order valence-corrected chi connectivity index (χ4v) is 2.23. The summed E-state index contributed by atoms with van der Waals surface area (Å²) in [6, 6.07) is 10.4. The predicted molar refractivity (Wildman–Crippen MR) is 59.5 cm³/mol. The number of hydrogen-bond donors (Lipinski definition) is 1. The Bertz CT molecular complexity index is 487. The molecule has 1 aromatic carbocycles. The van der Waals surface area contributed by atoms with Crippen molar-refractivity contribution in [2.24, 2.45) is 0 Å². The average molecular weight is 199 g/mol. The van der Waals surface area contributed by atoms with Gasteiger partial charge in [-0.15, -0.1) is 0 Å². The van der Waals surface area contributed by atoms with Crippen LogP contribution in [0.2, 0.25) is 0 Å². The summed E-state index contributed by atoms with van der Waals surface area (Å²) in [7, 11) is 0. The highest BCUT2D eigenvalue weighted by Crippen LogP contribution is 2.35. The van der Waals surface area contributed by atoms with Crippen molar-refractivity contribution in [2.45, 2.75) is 18.9 Å². The zero-order chi connectivity index (χ0) is 10.3. The quantitative estimate of drug-likeness (QED) is 0.801. The molecule has 1 aliphatic carbocycles. The average Bonchev–Trinajstić information content (AvgIpc) is 2.61. The van der Waals surface area contributed by atoms with Crippen LogP contribution in [0.15, 0.2) is 36.5 Å². The Morgan fingerprint density at radius 1 is 1.33 bits per heavy atom. The van der Waals surface area contributed by atoms with Crippen LogP contribution in [0.3, 0.4) is 0 Å². The topological polar surface area (TPSA) is 43.8 Å². The van der Waals surface area contributed by atoms with Gasteiger partial charge in [0, 0.05) is 18.7 Å². The summed E-state index contributed by atoms with van der Waals surface area (Å²) in [5.41, 5.74) is 8.52. The van der Waals surface area contributed by atoms with Gasteiger partial charge in [-0.25, -0.2) is 0 Å². The third-order valence-electron chi connectivity index (χ3n) is 3.03. The summed E-state index contributed by atoms with van der Waals surface area (Å²) >= 11 is 0. The molecule has 0 saturated heterocycles. The molecule has 1 atom stereocenters. The number of anilines is 1. The molecule has 3 heteroatoms. The highest BCUT2D eigenvalue weighted by atomic mass is 15.3. The molecule has 0 amide bonds. The summed E-state index contributed by atoms with van der Waals surface area (Å²) in [4.78, 5) is 0. The van der Waals surface area contributed by atoms with E-state index in [-0.39, 0.29) is 0 Å². The van der Waals surface area contributed by atoms with Gasteiger partial charge in [0.25, 0.3) is 0 Å². The zero-order valence-corrected chi connectivity index (χ0v) is 8.43. The van der Waals surface area contributed by atoms with E-state index >= 15 is 0 Å². The molecule has 2 aromatic rings. The molecule has 0 radical (unpaired) electrons. The van der Waals surface area contributed by atoms with E-state index in [9.17, 15) is 0 Å². The van der Waals surface area contributed by atoms with Crippen LogP contribution in [-0.4, -0.2) is 9.78 Å². The van der Waals surface area contributed by atoms with Gasteiger partial charge in [0.05, 0.1) is 0 Å². The van der Waals surface area contributed by atoms with Crippen LogP contribution in [0, 0.1) is 0 Å². The van der Waals surface area contributed by atoms with E-state index in [2.05, 4.69) is 29.4 Å². The van der Waals surface area contributed by atoms with Gasteiger partial charge in [-0.05, 0) is 23.6 Å². The zero-order valence-electron chi connectivity index (χ0n) is 8.43. The minimum Gasteiger partial charge on any atom is -0.382 e. The van der Waals surface area contributed by atoms with Crippen molar-refractivity contribution in [2.75, 3.05) is 5.73 Å². The van der Waals surface area contributed by atoms with Crippen molar-refractivity contribution in [1.29, 1.82) is 0 Å². The minimum atomic E-state index is 0.600. The Morgan fingerprint density at radius 2 is 2.20 bits per heavy atom. The Labute approximate surface area is 88.5 Å². The second kappa shape index (κ2) is 3.12. The maximum absolute atomic E-state index is 5.58. The van der Waals surface area contributed by atoms with Crippen LogP contribution in [0.4, 0.5) is 5.82 Å². The smallest absolute Gasteiger partial charge is 0.145 e. The van der Waals surface area contributed by atoms with Gasteiger partial charge >= 0.3 is 0 Å². The largest absolute Gasteiger partial charge is 0.382 e. The molecular weight excluding hydrogens is 186 g/mol. The van der Waals surface area contributed by atoms with Crippen molar-refractivity contribution in [3.8, 4) is 0 Å². The Hall–Kier alpha value is -1.77. The monoisotopic (exact) mass is 199 g/mol. The standard InChI is InChI=1S/C12H13N3/c13-12-5-6-15(14-12)8-10-7-9-3-1-2-4-11(9)10/h1-6,10H,7-8H2,(H2,13,14). The number of hydrogen-bond acceptors (Lipinski definition) is 2. The lowest BCUT2D eigenvalue weighted by molar-refractivity contribution is 0.476. The maximum atomic E-state index is 5.58. The summed E-state index contributed by atoms with van der Waals surface area (Å²) in [5, 5.41) is 4.20. The molecule has 0 fully saturated rings. The van der Waals surface area contributed by atoms with Crippen LogP contribution in [0.1, 0.15) is 17.0 Å². The van der Waals surface area contributed by atoms with Gasteiger partial charge in [-0.2, -0.15) is 5.10 Å². The molecule has 0 saturated carbocycles. The molecule has 15 heavy (non-hydrogen) atoms. The molecule has 0 spiro atoms. The van der Waals surface area contributed by atoms with Gasteiger partial charge in [-0.3, -0.25) is 4.68 Å². The van der Waals surface area contributed by atoms with Crippen molar-refractivity contribution in [1.82, 2.24) is 9.78 Å². The first-order valence-electron chi connectivity index (χ1n) is 5.19. The molecule has 2 N–H and O–H groups in total. The van der Waals surface area contributed by atoms with E-state index in [0.29, 0.717) is 11.7 Å². The molecule has 3 rings (SSSR count). The van der Waals surface area contributed by atoms with E-state index in [1.54, 1.807) is 0 Å². The first-order chi connectivity index (χ1) is 7.33. The number of aromatic nitrogens is 2. The van der Waals surface area contributed by atoms with E-state index in [4.69, 9.17) is 5.73 Å². The molecule has 3 nitrogen and oxygen atoms in total. The Kier molecular flexibility index (Phi) is 1.78. The molecule has 0 aliphatic heterocycles. The van der Waals surface area contributed by atoms with Crippen molar-refractivity contribution >= 4 is 5.82 Å². The predicted octanol–water partition coefficient (Wildman–Crippen LogP) is 1.81. The van der Waals surface area contributed by atoms with E-state index in [0.717, 1.165) is 13.0 Å². The lowest BCUT2D eigenvalue weighted by atomic mass is 9.78. The summed E-state index contributed by atoms with van der Waals surface area (Å²) in [6.45, 7) is 0.939. The number of nitrogen functional groups attached to an aromatic ring is 1. The summed E-state index contributed by atoms with van der Waals surface area (Å²) < 4.78 is 1.93.